The Morgan fingerprint density at radius 3 is 2.45 bits per heavy atom. The van der Waals surface area contributed by atoms with Gasteiger partial charge in [-0.25, -0.2) is 15.0 Å². The van der Waals surface area contributed by atoms with Crippen LogP contribution in [0.2, 0.25) is 0 Å². The number of aromatic nitrogens is 3. The molecule has 2 fully saturated rings. The van der Waals surface area contributed by atoms with E-state index in [0.29, 0.717) is 23.3 Å². The number of nitrogen functional groups attached to an aromatic ring is 1. The maximum absolute atomic E-state index is 9.69. The van der Waals surface area contributed by atoms with E-state index in [1.54, 1.807) is 0 Å². The SMILES string of the molecule is CCc1cc(-c2cnc(N)c3nc(CC)c(NCC4CC(O)C4)nc23)ccc1N1CCC(N(C)CCN(C)CC)CC1. The maximum Gasteiger partial charge on any atom is 0.151 e. The van der Waals surface area contributed by atoms with Gasteiger partial charge >= 0.3 is 0 Å². The van der Waals surface area contributed by atoms with Gasteiger partial charge < -0.3 is 30.9 Å². The molecule has 228 valence electrons. The molecule has 4 N–H and O–H groups in total. The van der Waals surface area contributed by atoms with Crippen molar-refractivity contribution < 1.29 is 5.11 Å². The lowest BCUT2D eigenvalue weighted by atomic mass is 9.82. The average Bonchev–Trinajstić information content (AvgIpc) is 3.00. The number of nitrogens with two attached hydrogens (primary N) is 1. The normalized spacial score (nSPS) is 19.6. The van der Waals surface area contributed by atoms with E-state index in [4.69, 9.17) is 15.7 Å². The maximum atomic E-state index is 9.69. The molecule has 1 aliphatic carbocycles. The number of aliphatic hydroxyl groups is 1. The van der Waals surface area contributed by atoms with Crippen LogP contribution in [-0.4, -0.2) is 95.4 Å². The number of aryl methyl sites for hydroxylation is 2. The predicted octanol–water partition coefficient (Wildman–Crippen LogP) is 4.43. The number of hydrogen-bond acceptors (Lipinski definition) is 9. The van der Waals surface area contributed by atoms with E-state index in [1.807, 2.05) is 6.20 Å². The van der Waals surface area contributed by atoms with Crippen LogP contribution in [0.15, 0.2) is 24.4 Å². The molecule has 1 aromatic carbocycles. The van der Waals surface area contributed by atoms with E-state index < -0.39 is 0 Å². The van der Waals surface area contributed by atoms with E-state index in [2.05, 4.69) is 78.1 Å². The summed E-state index contributed by atoms with van der Waals surface area (Å²) in [5.74, 6) is 1.68. The number of aliphatic hydroxyl groups excluding tert-OH is 1. The number of pyridine rings is 1. The van der Waals surface area contributed by atoms with Crippen molar-refractivity contribution in [1.29, 1.82) is 0 Å². The van der Waals surface area contributed by atoms with E-state index in [-0.39, 0.29) is 6.10 Å². The molecule has 1 saturated carbocycles. The monoisotopic (exact) mass is 574 g/mol. The molecule has 0 spiro atoms. The molecule has 9 heteroatoms. The fourth-order valence-electron chi connectivity index (χ4n) is 6.36. The van der Waals surface area contributed by atoms with Crippen LogP contribution in [0.3, 0.4) is 0 Å². The summed E-state index contributed by atoms with van der Waals surface area (Å²) >= 11 is 0. The first-order valence-corrected chi connectivity index (χ1v) is 15.9. The number of nitrogens with zero attached hydrogens (tertiary/aromatic N) is 6. The van der Waals surface area contributed by atoms with E-state index in [9.17, 15) is 5.11 Å². The molecule has 0 radical (unpaired) electrons. The van der Waals surface area contributed by atoms with Crippen LogP contribution in [0, 0.1) is 5.92 Å². The van der Waals surface area contributed by atoms with Crippen molar-refractivity contribution in [3.8, 4) is 11.1 Å². The van der Waals surface area contributed by atoms with Crippen molar-refractivity contribution in [2.24, 2.45) is 5.92 Å². The number of benzene rings is 1. The summed E-state index contributed by atoms with van der Waals surface area (Å²) in [5.41, 5.74) is 13.4. The van der Waals surface area contributed by atoms with Gasteiger partial charge in [-0.05, 0) is 88.3 Å². The molecular weight excluding hydrogens is 524 g/mol. The molecule has 0 unspecified atom stereocenters. The summed E-state index contributed by atoms with van der Waals surface area (Å²) in [5, 5.41) is 13.2. The van der Waals surface area contributed by atoms with Gasteiger partial charge in [0.1, 0.15) is 16.9 Å². The lowest BCUT2D eigenvalue weighted by Crippen LogP contribution is -2.45. The second-order valence-electron chi connectivity index (χ2n) is 12.3. The number of rotatable bonds is 12. The number of fused-ring (bicyclic) bond motifs is 1. The molecular formula is C33H50N8O. The van der Waals surface area contributed by atoms with Gasteiger partial charge in [-0.3, -0.25) is 0 Å². The van der Waals surface area contributed by atoms with Gasteiger partial charge in [-0.15, -0.1) is 0 Å². The van der Waals surface area contributed by atoms with Crippen LogP contribution >= 0.6 is 0 Å². The minimum absolute atomic E-state index is 0.163. The standard InChI is InChI=1S/C33H50N8O/c1-6-23-19-24(9-10-29(23)41-13-11-25(12-14-41)40(5)16-15-39(4)8-3)27-21-35-32(34)31-30(27)38-33(28(7-2)37-31)36-20-22-17-26(42)18-22/h9-10,19,21-22,25-26,42H,6-8,11-18,20H2,1-5H3,(H2,34,35)(H,36,38). The summed E-state index contributed by atoms with van der Waals surface area (Å²) < 4.78 is 0. The van der Waals surface area contributed by atoms with Gasteiger partial charge in [0.05, 0.1) is 11.8 Å². The van der Waals surface area contributed by atoms with Gasteiger partial charge in [-0.2, -0.15) is 0 Å². The van der Waals surface area contributed by atoms with Crippen molar-refractivity contribution in [3.05, 3.63) is 35.7 Å². The van der Waals surface area contributed by atoms with Gasteiger partial charge in [0.15, 0.2) is 5.82 Å². The minimum atomic E-state index is -0.163. The number of piperidine rings is 1. The second kappa shape index (κ2) is 13.5. The summed E-state index contributed by atoms with van der Waals surface area (Å²) in [7, 11) is 4.48. The topological polar surface area (TPSA) is 107 Å². The quantitative estimate of drug-likeness (QED) is 0.290. The van der Waals surface area contributed by atoms with Crippen LogP contribution in [0.4, 0.5) is 17.3 Å². The fraction of sp³-hybridized carbons (Fsp3) is 0.606. The lowest BCUT2D eigenvalue weighted by molar-refractivity contribution is 0.0486. The van der Waals surface area contributed by atoms with Crippen LogP contribution in [-0.2, 0) is 12.8 Å². The predicted molar refractivity (Wildman–Crippen MR) is 174 cm³/mol. The van der Waals surface area contributed by atoms with Crippen molar-refractivity contribution in [2.75, 3.05) is 69.3 Å². The zero-order chi connectivity index (χ0) is 29.8. The lowest BCUT2D eigenvalue weighted by Gasteiger charge is -2.39. The first-order valence-electron chi connectivity index (χ1n) is 15.9. The zero-order valence-corrected chi connectivity index (χ0v) is 26.2. The summed E-state index contributed by atoms with van der Waals surface area (Å²) in [6.45, 7) is 12.8. The van der Waals surface area contributed by atoms with Gasteiger partial charge in [-0.1, -0.05) is 26.8 Å². The van der Waals surface area contributed by atoms with Crippen LogP contribution in [0.1, 0.15) is 57.7 Å². The molecule has 0 atom stereocenters. The van der Waals surface area contributed by atoms with Crippen LogP contribution in [0.25, 0.3) is 22.2 Å². The number of nitrogens with one attached hydrogen (secondary N) is 1. The van der Waals surface area contributed by atoms with E-state index in [0.717, 1.165) is 93.1 Å². The van der Waals surface area contributed by atoms with Crippen LogP contribution < -0.4 is 16.0 Å². The highest BCUT2D eigenvalue weighted by Crippen LogP contribution is 2.35. The smallest absolute Gasteiger partial charge is 0.151 e. The Bertz CT molecular complexity index is 1350. The summed E-state index contributed by atoms with van der Waals surface area (Å²) in [4.78, 5) is 22.0. The Labute approximate surface area is 251 Å². The Morgan fingerprint density at radius 1 is 1.02 bits per heavy atom. The third-order valence-corrected chi connectivity index (χ3v) is 9.48. The molecule has 9 nitrogen and oxygen atoms in total. The molecule has 0 bridgehead atoms. The Kier molecular flexibility index (Phi) is 9.81. The number of anilines is 3. The first-order chi connectivity index (χ1) is 20.3. The first kappa shape index (κ1) is 30.4. The highest BCUT2D eigenvalue weighted by atomic mass is 16.3. The molecule has 42 heavy (non-hydrogen) atoms. The van der Waals surface area contributed by atoms with E-state index >= 15 is 0 Å². The highest BCUT2D eigenvalue weighted by Gasteiger charge is 2.27. The Morgan fingerprint density at radius 2 is 1.79 bits per heavy atom. The largest absolute Gasteiger partial charge is 0.393 e. The third kappa shape index (κ3) is 6.63. The van der Waals surface area contributed by atoms with Crippen molar-refractivity contribution in [1.82, 2.24) is 24.8 Å². The van der Waals surface area contributed by atoms with Gasteiger partial charge in [0, 0.05) is 56.2 Å². The van der Waals surface area contributed by atoms with E-state index in [1.165, 1.54) is 24.1 Å². The Hall–Kier alpha value is -3.01. The molecule has 3 heterocycles. The highest BCUT2D eigenvalue weighted by molar-refractivity contribution is 5.97. The van der Waals surface area contributed by atoms with Gasteiger partial charge in [0.25, 0.3) is 0 Å². The molecule has 2 aromatic heterocycles. The molecule has 1 saturated heterocycles. The van der Waals surface area contributed by atoms with Crippen molar-refractivity contribution >= 4 is 28.4 Å². The van der Waals surface area contributed by atoms with Crippen molar-refractivity contribution in [3.63, 3.8) is 0 Å². The number of hydrogen-bond donors (Lipinski definition) is 3. The third-order valence-electron chi connectivity index (χ3n) is 9.48. The average molecular weight is 575 g/mol. The minimum Gasteiger partial charge on any atom is -0.393 e. The zero-order valence-electron chi connectivity index (χ0n) is 26.2. The molecule has 0 amide bonds. The Balaban J connectivity index is 1.36. The second-order valence-corrected chi connectivity index (χ2v) is 12.3. The molecule has 3 aromatic rings. The van der Waals surface area contributed by atoms with Crippen LogP contribution in [0.5, 0.6) is 0 Å². The molecule has 2 aliphatic rings. The van der Waals surface area contributed by atoms with Crippen molar-refractivity contribution in [2.45, 2.75) is 71.4 Å². The summed E-state index contributed by atoms with van der Waals surface area (Å²) in [6, 6.07) is 7.44. The molecule has 1 aliphatic heterocycles. The fourth-order valence-corrected chi connectivity index (χ4v) is 6.36. The molecule has 5 rings (SSSR count). The van der Waals surface area contributed by atoms with Gasteiger partial charge in [0.2, 0.25) is 0 Å². The number of likely N-dealkylation sites (N-methyl/N-ethyl adjacent to an activating group) is 2. The summed E-state index contributed by atoms with van der Waals surface area (Å²) in [6.07, 6.45) is 7.45.